The van der Waals surface area contributed by atoms with Gasteiger partial charge in [-0.2, -0.15) is 0 Å². The highest BCUT2D eigenvalue weighted by Gasteiger charge is 2.51. The Bertz CT molecular complexity index is 385. The number of rotatable bonds is 7. The Morgan fingerprint density at radius 2 is 1.59 bits per heavy atom. The Hall–Kier alpha value is -1.63. The van der Waals surface area contributed by atoms with Crippen molar-refractivity contribution in [2.75, 3.05) is 26.4 Å². The van der Waals surface area contributed by atoms with Crippen molar-refractivity contribution in [3.05, 3.63) is 0 Å². The lowest BCUT2D eigenvalue weighted by atomic mass is 9.83. The lowest BCUT2D eigenvalue weighted by molar-refractivity contribution is -0.169. The van der Waals surface area contributed by atoms with Crippen LogP contribution in [-0.2, 0) is 28.6 Å². The number of nitrogens with one attached hydrogen (secondary N) is 1. The smallest absolute Gasteiger partial charge is 0.343 e. The van der Waals surface area contributed by atoms with Crippen LogP contribution in [0.2, 0.25) is 0 Å². The van der Waals surface area contributed by atoms with Crippen molar-refractivity contribution < 1.29 is 28.6 Å². The van der Waals surface area contributed by atoms with E-state index in [1.165, 1.54) is 6.92 Å². The number of ether oxygens (including phenoxy) is 3. The molecule has 1 heterocycles. The average molecular weight is 315 g/mol. The molecule has 1 amide bonds. The maximum atomic E-state index is 12.4. The van der Waals surface area contributed by atoms with E-state index in [1.54, 1.807) is 13.8 Å². The molecule has 126 valence electrons. The molecule has 1 aliphatic heterocycles. The molecule has 0 saturated carbocycles. The standard InChI is InChI=1S/C15H25NO6/c1-4-21-13(18)15(16-11(3)17,14(19)22-5-2)10-12-6-8-20-9-7-12/h12H,4-10H2,1-3H3,(H,16,17). The molecule has 0 spiro atoms. The average Bonchev–Trinajstić information content (AvgIpc) is 2.47. The van der Waals surface area contributed by atoms with E-state index in [1.807, 2.05) is 0 Å². The third-order valence-electron chi connectivity index (χ3n) is 3.57. The summed E-state index contributed by atoms with van der Waals surface area (Å²) in [5.41, 5.74) is -1.78. The third-order valence-corrected chi connectivity index (χ3v) is 3.57. The minimum atomic E-state index is -1.78. The van der Waals surface area contributed by atoms with Crippen LogP contribution >= 0.6 is 0 Å². The Balaban J connectivity index is 3.07. The van der Waals surface area contributed by atoms with Crippen molar-refractivity contribution in [1.29, 1.82) is 0 Å². The Labute approximate surface area is 130 Å². The van der Waals surface area contributed by atoms with E-state index in [4.69, 9.17) is 14.2 Å². The van der Waals surface area contributed by atoms with Crippen LogP contribution < -0.4 is 5.32 Å². The number of hydrogen-bond acceptors (Lipinski definition) is 6. The van der Waals surface area contributed by atoms with Crippen LogP contribution in [0.3, 0.4) is 0 Å². The van der Waals surface area contributed by atoms with Gasteiger partial charge in [-0.05, 0) is 39.0 Å². The molecule has 1 saturated heterocycles. The normalized spacial score (nSPS) is 16.0. The first-order chi connectivity index (χ1) is 10.5. The van der Waals surface area contributed by atoms with Gasteiger partial charge in [0, 0.05) is 20.1 Å². The van der Waals surface area contributed by atoms with Gasteiger partial charge in [-0.15, -0.1) is 0 Å². The number of hydrogen-bond donors (Lipinski definition) is 1. The first-order valence-corrected chi connectivity index (χ1v) is 7.67. The van der Waals surface area contributed by atoms with Crippen LogP contribution in [0.5, 0.6) is 0 Å². The van der Waals surface area contributed by atoms with E-state index in [0.29, 0.717) is 13.2 Å². The topological polar surface area (TPSA) is 90.9 Å². The maximum Gasteiger partial charge on any atom is 0.343 e. The lowest BCUT2D eigenvalue weighted by Gasteiger charge is -2.34. The molecule has 0 aromatic rings. The fraction of sp³-hybridized carbons (Fsp3) is 0.800. The summed E-state index contributed by atoms with van der Waals surface area (Å²) in [4.78, 5) is 36.4. The number of carbonyl (C=O) groups is 3. The Morgan fingerprint density at radius 3 is 2.00 bits per heavy atom. The van der Waals surface area contributed by atoms with Crippen LogP contribution in [0.25, 0.3) is 0 Å². The summed E-state index contributed by atoms with van der Waals surface area (Å²) in [6, 6.07) is 0. The first kappa shape index (κ1) is 18.4. The fourth-order valence-corrected chi connectivity index (χ4v) is 2.60. The van der Waals surface area contributed by atoms with Crippen LogP contribution in [0.15, 0.2) is 0 Å². The predicted molar refractivity (Wildman–Crippen MR) is 78.0 cm³/mol. The van der Waals surface area contributed by atoms with Crippen molar-refractivity contribution in [3.63, 3.8) is 0 Å². The second-order valence-electron chi connectivity index (χ2n) is 5.29. The zero-order valence-electron chi connectivity index (χ0n) is 13.5. The molecule has 7 nitrogen and oxygen atoms in total. The molecule has 0 aromatic heterocycles. The SMILES string of the molecule is CCOC(=O)C(CC1CCOCC1)(NC(C)=O)C(=O)OCC. The summed E-state index contributed by atoms with van der Waals surface area (Å²) >= 11 is 0. The molecule has 0 unspecified atom stereocenters. The molecule has 0 bridgehead atoms. The van der Waals surface area contributed by atoms with Gasteiger partial charge in [-0.1, -0.05) is 0 Å². The van der Waals surface area contributed by atoms with E-state index in [9.17, 15) is 14.4 Å². The Kier molecular flexibility index (Phi) is 7.31. The van der Waals surface area contributed by atoms with Crippen molar-refractivity contribution in [3.8, 4) is 0 Å². The minimum Gasteiger partial charge on any atom is -0.464 e. The van der Waals surface area contributed by atoms with Crippen LogP contribution in [0.1, 0.15) is 40.0 Å². The fourth-order valence-electron chi connectivity index (χ4n) is 2.60. The molecule has 0 aromatic carbocycles. The summed E-state index contributed by atoms with van der Waals surface area (Å²) in [6.45, 7) is 5.95. The highest BCUT2D eigenvalue weighted by atomic mass is 16.6. The summed E-state index contributed by atoms with van der Waals surface area (Å²) in [5.74, 6) is -1.94. The molecule has 0 aliphatic carbocycles. The van der Waals surface area contributed by atoms with Gasteiger partial charge in [-0.3, -0.25) is 4.79 Å². The second kappa shape index (κ2) is 8.73. The van der Waals surface area contributed by atoms with E-state index in [-0.39, 0.29) is 25.6 Å². The van der Waals surface area contributed by atoms with Gasteiger partial charge >= 0.3 is 11.9 Å². The molecule has 22 heavy (non-hydrogen) atoms. The first-order valence-electron chi connectivity index (χ1n) is 7.67. The maximum absolute atomic E-state index is 12.4. The molecule has 0 atom stereocenters. The highest BCUT2D eigenvalue weighted by molar-refractivity contribution is 6.07. The summed E-state index contributed by atoms with van der Waals surface area (Å²) in [5, 5.41) is 2.48. The minimum absolute atomic E-state index is 0.0782. The van der Waals surface area contributed by atoms with Crippen LogP contribution in [0, 0.1) is 5.92 Å². The van der Waals surface area contributed by atoms with Gasteiger partial charge in [0.1, 0.15) is 0 Å². The van der Waals surface area contributed by atoms with E-state index < -0.39 is 23.4 Å². The number of carbonyl (C=O) groups excluding carboxylic acids is 3. The largest absolute Gasteiger partial charge is 0.464 e. The molecule has 1 fully saturated rings. The zero-order valence-corrected chi connectivity index (χ0v) is 13.5. The molecular formula is C15H25NO6. The highest BCUT2D eigenvalue weighted by Crippen LogP contribution is 2.28. The lowest BCUT2D eigenvalue weighted by Crippen LogP contribution is -2.62. The Morgan fingerprint density at radius 1 is 1.09 bits per heavy atom. The van der Waals surface area contributed by atoms with Gasteiger partial charge in [0.25, 0.3) is 0 Å². The van der Waals surface area contributed by atoms with Crippen molar-refractivity contribution in [1.82, 2.24) is 5.32 Å². The quantitative estimate of drug-likeness (QED) is 0.552. The number of amides is 1. The van der Waals surface area contributed by atoms with Crippen molar-refractivity contribution in [2.24, 2.45) is 5.92 Å². The summed E-state index contributed by atoms with van der Waals surface area (Å²) in [7, 11) is 0. The molecule has 1 aliphatic rings. The van der Waals surface area contributed by atoms with Crippen molar-refractivity contribution >= 4 is 17.8 Å². The second-order valence-corrected chi connectivity index (χ2v) is 5.29. The molecule has 7 heteroatoms. The van der Waals surface area contributed by atoms with Crippen molar-refractivity contribution in [2.45, 2.75) is 45.6 Å². The van der Waals surface area contributed by atoms with E-state index in [2.05, 4.69) is 5.32 Å². The van der Waals surface area contributed by atoms with Crippen LogP contribution in [-0.4, -0.2) is 49.8 Å². The van der Waals surface area contributed by atoms with Gasteiger partial charge in [0.05, 0.1) is 13.2 Å². The molecule has 1 rings (SSSR count). The third kappa shape index (κ3) is 4.69. The van der Waals surface area contributed by atoms with Gasteiger partial charge in [0.15, 0.2) is 0 Å². The van der Waals surface area contributed by atoms with Gasteiger partial charge < -0.3 is 19.5 Å². The molecular weight excluding hydrogens is 290 g/mol. The number of esters is 2. The van der Waals surface area contributed by atoms with E-state index >= 15 is 0 Å². The van der Waals surface area contributed by atoms with Gasteiger partial charge in [-0.25, -0.2) is 9.59 Å². The molecule has 1 N–H and O–H groups in total. The molecule has 0 radical (unpaired) electrons. The summed E-state index contributed by atoms with van der Waals surface area (Å²) in [6.07, 6.45) is 1.61. The van der Waals surface area contributed by atoms with E-state index in [0.717, 1.165) is 12.8 Å². The van der Waals surface area contributed by atoms with Gasteiger partial charge in [0.2, 0.25) is 11.4 Å². The monoisotopic (exact) mass is 315 g/mol. The predicted octanol–water partition coefficient (Wildman–Crippen LogP) is 0.804. The zero-order chi connectivity index (χ0) is 16.6. The van der Waals surface area contributed by atoms with Crippen LogP contribution in [0.4, 0.5) is 0 Å². The summed E-state index contributed by atoms with van der Waals surface area (Å²) < 4.78 is 15.4.